The number of rotatable bonds is 8. The Labute approximate surface area is 205 Å². The van der Waals surface area contributed by atoms with E-state index in [-0.39, 0.29) is 28.8 Å². The van der Waals surface area contributed by atoms with Gasteiger partial charge in [-0.1, -0.05) is 35.9 Å². The quantitative estimate of drug-likeness (QED) is 0.254. The summed E-state index contributed by atoms with van der Waals surface area (Å²) in [5.74, 6) is 0.00254. The average Bonchev–Trinajstić information content (AvgIpc) is 3.12. The fourth-order valence-corrected chi connectivity index (χ4v) is 3.75. The fraction of sp³-hybridized carbons (Fsp3) is 0.120. The molecule has 178 valence electrons. The molecule has 0 fully saturated rings. The summed E-state index contributed by atoms with van der Waals surface area (Å²) in [5, 5.41) is 16.6. The summed E-state index contributed by atoms with van der Waals surface area (Å²) < 4.78 is 11.3. The Morgan fingerprint density at radius 2 is 1.89 bits per heavy atom. The summed E-state index contributed by atoms with van der Waals surface area (Å²) in [6.07, 6.45) is 1.59. The van der Waals surface area contributed by atoms with Crippen molar-refractivity contribution in [2.24, 2.45) is 0 Å². The van der Waals surface area contributed by atoms with E-state index < -0.39 is 10.8 Å². The Morgan fingerprint density at radius 1 is 1.11 bits per heavy atom. The van der Waals surface area contributed by atoms with E-state index in [1.807, 2.05) is 18.2 Å². The van der Waals surface area contributed by atoms with Crippen molar-refractivity contribution in [1.29, 1.82) is 0 Å². The number of amides is 2. The lowest BCUT2D eigenvalue weighted by Crippen LogP contribution is -2.20. The van der Waals surface area contributed by atoms with Crippen LogP contribution in [0.25, 0.3) is 11.6 Å². The number of fused-ring (bicyclic) bond motifs is 1. The predicted molar refractivity (Wildman–Crippen MR) is 133 cm³/mol. The van der Waals surface area contributed by atoms with Crippen LogP contribution in [-0.4, -0.2) is 30.0 Å². The van der Waals surface area contributed by atoms with Crippen molar-refractivity contribution in [3.63, 3.8) is 0 Å². The molecule has 1 aliphatic heterocycles. The van der Waals surface area contributed by atoms with Gasteiger partial charge in [0.25, 0.3) is 17.5 Å². The summed E-state index contributed by atoms with van der Waals surface area (Å²) in [5.41, 5.74) is 1.99. The van der Waals surface area contributed by atoms with Gasteiger partial charge >= 0.3 is 0 Å². The molecule has 9 nitrogen and oxygen atoms in total. The molecule has 0 radical (unpaired) electrons. The lowest BCUT2D eigenvalue weighted by molar-refractivity contribution is -0.384. The van der Waals surface area contributed by atoms with E-state index in [1.54, 1.807) is 43.3 Å². The monoisotopic (exact) mass is 493 g/mol. The van der Waals surface area contributed by atoms with Crippen molar-refractivity contribution < 1.29 is 24.0 Å². The van der Waals surface area contributed by atoms with Crippen LogP contribution in [-0.2, 0) is 9.59 Å². The molecule has 0 atom stereocenters. The largest absolute Gasteiger partial charge is 0.490 e. The number of carbonyl (C=O) groups is 2. The van der Waals surface area contributed by atoms with E-state index in [1.165, 1.54) is 12.1 Å². The number of para-hydroxylation sites is 1. The Hall–Kier alpha value is -4.37. The van der Waals surface area contributed by atoms with E-state index in [0.717, 1.165) is 0 Å². The second kappa shape index (κ2) is 10.3. The van der Waals surface area contributed by atoms with Gasteiger partial charge in [-0.2, -0.15) is 0 Å². The maximum atomic E-state index is 12.5. The minimum absolute atomic E-state index is 0.0632. The van der Waals surface area contributed by atoms with Crippen LogP contribution in [0.15, 0.2) is 60.7 Å². The molecule has 2 N–H and O–H groups in total. The van der Waals surface area contributed by atoms with Crippen LogP contribution < -0.4 is 20.1 Å². The van der Waals surface area contributed by atoms with E-state index in [9.17, 15) is 19.7 Å². The third kappa shape index (κ3) is 5.42. The number of nitro groups is 1. The highest BCUT2D eigenvalue weighted by molar-refractivity contribution is 6.37. The van der Waals surface area contributed by atoms with Crippen LogP contribution in [0.3, 0.4) is 0 Å². The van der Waals surface area contributed by atoms with Gasteiger partial charge in [0, 0.05) is 22.9 Å². The molecule has 0 saturated carbocycles. The molecule has 4 rings (SSSR count). The average molecular weight is 494 g/mol. The van der Waals surface area contributed by atoms with Crippen LogP contribution in [0, 0.1) is 10.1 Å². The van der Waals surface area contributed by atoms with Crippen LogP contribution in [0.1, 0.15) is 18.1 Å². The molecule has 0 aromatic heterocycles. The van der Waals surface area contributed by atoms with Gasteiger partial charge in [-0.15, -0.1) is 0 Å². The first-order valence-electron chi connectivity index (χ1n) is 10.6. The molecule has 1 heterocycles. The molecule has 2 amide bonds. The topological polar surface area (TPSA) is 120 Å². The number of nitrogens with zero attached hydrogens (tertiary/aromatic N) is 1. The lowest BCUT2D eigenvalue weighted by Gasteiger charge is -2.13. The SMILES string of the molecule is CCOc1cc(/C=C2/C(=O)Nc3cc(Cl)c([N+](=O)[O-])cc32)ccc1OCC(=O)Nc1ccccc1. The van der Waals surface area contributed by atoms with E-state index >= 15 is 0 Å². The minimum atomic E-state index is -0.601. The smallest absolute Gasteiger partial charge is 0.288 e. The highest BCUT2D eigenvalue weighted by atomic mass is 35.5. The molecule has 35 heavy (non-hydrogen) atoms. The third-order valence-corrected chi connectivity index (χ3v) is 5.36. The Bertz CT molecular complexity index is 1340. The molecule has 3 aromatic carbocycles. The minimum Gasteiger partial charge on any atom is -0.490 e. The maximum Gasteiger partial charge on any atom is 0.288 e. The van der Waals surface area contributed by atoms with Gasteiger partial charge in [-0.05, 0) is 48.9 Å². The van der Waals surface area contributed by atoms with Gasteiger partial charge in [0.05, 0.1) is 17.2 Å². The molecule has 10 heteroatoms. The standard InChI is InChI=1S/C25H20ClN3O6/c1-2-34-23-11-15(8-9-22(23)35-14-24(30)27-16-6-4-3-5-7-16)10-18-17-12-21(29(32)33)19(26)13-20(17)28-25(18)31/h3-13H,2,14H2,1H3,(H,27,30)(H,28,31)/b18-10+. The van der Waals surface area contributed by atoms with Crippen LogP contribution in [0.5, 0.6) is 11.5 Å². The van der Waals surface area contributed by atoms with Crippen molar-refractivity contribution in [2.45, 2.75) is 6.92 Å². The highest BCUT2D eigenvalue weighted by Gasteiger charge is 2.28. The molecular formula is C25H20ClN3O6. The van der Waals surface area contributed by atoms with Crippen LogP contribution in [0.4, 0.5) is 17.1 Å². The zero-order valence-electron chi connectivity index (χ0n) is 18.5. The fourth-order valence-electron chi connectivity index (χ4n) is 3.51. The van der Waals surface area contributed by atoms with E-state index in [2.05, 4.69) is 10.6 Å². The number of nitro benzene ring substituents is 1. The predicted octanol–water partition coefficient (Wildman–Crippen LogP) is 5.16. The molecule has 0 unspecified atom stereocenters. The number of nitrogens with one attached hydrogen (secondary N) is 2. The Kier molecular flexibility index (Phi) is 6.98. The summed E-state index contributed by atoms with van der Waals surface area (Å²) >= 11 is 5.96. The number of carbonyl (C=O) groups excluding carboxylic acids is 2. The van der Waals surface area contributed by atoms with Gasteiger partial charge in [0.1, 0.15) is 5.02 Å². The summed E-state index contributed by atoms with van der Waals surface area (Å²) in [7, 11) is 0. The molecule has 0 spiro atoms. The van der Waals surface area contributed by atoms with Gasteiger partial charge < -0.3 is 20.1 Å². The second-order valence-electron chi connectivity index (χ2n) is 7.46. The van der Waals surface area contributed by atoms with Crippen molar-refractivity contribution in [2.75, 3.05) is 23.8 Å². The zero-order chi connectivity index (χ0) is 24.9. The summed E-state index contributed by atoms with van der Waals surface area (Å²) in [4.78, 5) is 35.4. The number of hydrogen-bond acceptors (Lipinski definition) is 6. The highest BCUT2D eigenvalue weighted by Crippen LogP contribution is 2.40. The first-order chi connectivity index (χ1) is 16.9. The zero-order valence-corrected chi connectivity index (χ0v) is 19.3. The summed E-state index contributed by atoms with van der Waals surface area (Å²) in [6.45, 7) is 1.93. The first-order valence-corrected chi connectivity index (χ1v) is 11.0. The molecular weight excluding hydrogens is 474 g/mol. The molecule has 0 aliphatic carbocycles. The maximum absolute atomic E-state index is 12.5. The molecule has 0 bridgehead atoms. The van der Waals surface area contributed by atoms with Gasteiger partial charge in [-0.3, -0.25) is 19.7 Å². The summed E-state index contributed by atoms with van der Waals surface area (Å²) in [6, 6.07) is 16.6. The normalized spacial score (nSPS) is 13.2. The van der Waals surface area contributed by atoms with Crippen LogP contribution in [0.2, 0.25) is 5.02 Å². The number of benzene rings is 3. The van der Waals surface area contributed by atoms with Gasteiger partial charge in [-0.25, -0.2) is 0 Å². The number of halogens is 1. The van der Waals surface area contributed by atoms with Gasteiger partial charge in [0.2, 0.25) is 0 Å². The first kappa shape index (κ1) is 23.8. The van der Waals surface area contributed by atoms with Crippen molar-refractivity contribution in [1.82, 2.24) is 0 Å². The van der Waals surface area contributed by atoms with Crippen molar-refractivity contribution in [3.8, 4) is 11.5 Å². The number of anilines is 2. The second-order valence-corrected chi connectivity index (χ2v) is 7.87. The molecule has 0 saturated heterocycles. The molecule has 1 aliphatic rings. The van der Waals surface area contributed by atoms with E-state index in [4.69, 9.17) is 21.1 Å². The van der Waals surface area contributed by atoms with Gasteiger partial charge in [0.15, 0.2) is 18.1 Å². The Balaban J connectivity index is 1.56. The van der Waals surface area contributed by atoms with Crippen LogP contribution >= 0.6 is 11.6 Å². The third-order valence-electron chi connectivity index (χ3n) is 5.06. The Morgan fingerprint density at radius 3 is 2.60 bits per heavy atom. The number of hydrogen-bond donors (Lipinski definition) is 2. The number of ether oxygens (including phenoxy) is 2. The van der Waals surface area contributed by atoms with E-state index in [0.29, 0.717) is 40.6 Å². The molecule has 3 aromatic rings. The lowest BCUT2D eigenvalue weighted by atomic mass is 10.0. The van der Waals surface area contributed by atoms with Crippen molar-refractivity contribution >= 4 is 52.1 Å². The van der Waals surface area contributed by atoms with Crippen molar-refractivity contribution in [3.05, 3.63) is 86.9 Å².